The SMILES string of the molecule is CN(Cc1sc2ccccc2c1Cl)C(=O)COCC(N)=O. The van der Waals surface area contributed by atoms with E-state index in [1.165, 1.54) is 4.90 Å². The van der Waals surface area contributed by atoms with Crippen molar-refractivity contribution in [1.82, 2.24) is 4.90 Å². The summed E-state index contributed by atoms with van der Waals surface area (Å²) in [5, 5.41) is 1.67. The summed E-state index contributed by atoms with van der Waals surface area (Å²) in [7, 11) is 1.66. The molecule has 0 saturated heterocycles. The van der Waals surface area contributed by atoms with Crippen molar-refractivity contribution >= 4 is 44.8 Å². The van der Waals surface area contributed by atoms with Crippen LogP contribution >= 0.6 is 22.9 Å². The number of benzene rings is 1. The van der Waals surface area contributed by atoms with Crippen LogP contribution in [0, 0.1) is 0 Å². The molecule has 0 radical (unpaired) electrons. The normalized spacial score (nSPS) is 10.8. The summed E-state index contributed by atoms with van der Waals surface area (Å²) >= 11 is 7.89. The van der Waals surface area contributed by atoms with Crippen LogP contribution in [0.5, 0.6) is 0 Å². The standard InChI is InChI=1S/C14H15ClN2O3S/c1-17(13(19)8-20-7-12(16)18)6-11-14(15)9-4-2-3-5-10(9)21-11/h2-5H,6-8H2,1H3,(H2,16,18). The number of hydrogen-bond donors (Lipinski definition) is 1. The van der Waals surface area contributed by atoms with E-state index in [-0.39, 0.29) is 19.1 Å². The van der Waals surface area contributed by atoms with Crippen molar-refractivity contribution in [3.05, 3.63) is 34.2 Å². The summed E-state index contributed by atoms with van der Waals surface area (Å²) in [6, 6.07) is 7.82. The van der Waals surface area contributed by atoms with Crippen LogP contribution in [0.3, 0.4) is 0 Å². The second-order valence-corrected chi connectivity index (χ2v) is 6.06. The minimum absolute atomic E-state index is 0.179. The summed E-state index contributed by atoms with van der Waals surface area (Å²) in [6.45, 7) is -0.0396. The Hall–Kier alpha value is -1.63. The Labute approximate surface area is 131 Å². The molecule has 21 heavy (non-hydrogen) atoms. The lowest BCUT2D eigenvalue weighted by Crippen LogP contribution is -2.31. The van der Waals surface area contributed by atoms with Crippen LogP contribution < -0.4 is 5.73 Å². The molecule has 2 N–H and O–H groups in total. The maximum Gasteiger partial charge on any atom is 0.248 e. The van der Waals surface area contributed by atoms with Gasteiger partial charge in [0.05, 0.1) is 11.6 Å². The van der Waals surface area contributed by atoms with Gasteiger partial charge >= 0.3 is 0 Å². The number of carbonyl (C=O) groups is 2. The third-order valence-electron chi connectivity index (χ3n) is 2.88. The number of ether oxygens (including phenoxy) is 1. The number of thiophene rings is 1. The lowest BCUT2D eigenvalue weighted by Gasteiger charge is -2.16. The highest BCUT2D eigenvalue weighted by Crippen LogP contribution is 2.35. The maximum absolute atomic E-state index is 11.9. The molecule has 2 aromatic rings. The predicted octanol–water partition coefficient (Wildman–Crippen LogP) is 2.02. The zero-order valence-electron chi connectivity index (χ0n) is 11.5. The highest BCUT2D eigenvalue weighted by Gasteiger charge is 2.15. The summed E-state index contributed by atoms with van der Waals surface area (Å²) in [4.78, 5) is 24.8. The van der Waals surface area contributed by atoms with Gasteiger partial charge in [-0.3, -0.25) is 9.59 Å². The monoisotopic (exact) mass is 326 g/mol. The zero-order chi connectivity index (χ0) is 15.4. The first-order valence-electron chi connectivity index (χ1n) is 6.25. The smallest absolute Gasteiger partial charge is 0.248 e. The Morgan fingerprint density at radius 2 is 2.05 bits per heavy atom. The molecule has 0 aliphatic rings. The second-order valence-electron chi connectivity index (χ2n) is 4.54. The molecular weight excluding hydrogens is 312 g/mol. The number of rotatable bonds is 6. The summed E-state index contributed by atoms with van der Waals surface area (Å²) in [5.74, 6) is -0.831. The van der Waals surface area contributed by atoms with Gasteiger partial charge in [-0.2, -0.15) is 0 Å². The van der Waals surface area contributed by atoms with Gasteiger partial charge in [0.2, 0.25) is 11.8 Å². The number of amides is 2. The molecule has 0 bridgehead atoms. The number of primary amides is 1. The van der Waals surface area contributed by atoms with Crippen LogP contribution in [-0.4, -0.2) is 37.0 Å². The molecular formula is C14H15ClN2O3S. The van der Waals surface area contributed by atoms with Crippen molar-refractivity contribution in [2.75, 3.05) is 20.3 Å². The van der Waals surface area contributed by atoms with Gasteiger partial charge < -0.3 is 15.4 Å². The molecule has 0 spiro atoms. The van der Waals surface area contributed by atoms with E-state index in [1.807, 2.05) is 24.3 Å². The number of nitrogens with zero attached hydrogens (tertiary/aromatic N) is 1. The molecule has 1 heterocycles. The fourth-order valence-electron chi connectivity index (χ4n) is 1.82. The largest absolute Gasteiger partial charge is 0.368 e. The molecule has 7 heteroatoms. The van der Waals surface area contributed by atoms with Gasteiger partial charge in [0.25, 0.3) is 0 Å². The van der Waals surface area contributed by atoms with Crippen LogP contribution in [0.25, 0.3) is 10.1 Å². The molecule has 0 unspecified atom stereocenters. The van der Waals surface area contributed by atoms with E-state index < -0.39 is 5.91 Å². The van der Waals surface area contributed by atoms with Crippen LogP contribution in [-0.2, 0) is 20.9 Å². The third-order valence-corrected chi connectivity index (χ3v) is 4.58. The average Bonchev–Trinajstić information content (AvgIpc) is 2.75. The van der Waals surface area contributed by atoms with Crippen LogP contribution in [0.4, 0.5) is 0 Å². The molecule has 1 aromatic carbocycles. The van der Waals surface area contributed by atoms with E-state index in [4.69, 9.17) is 22.1 Å². The highest BCUT2D eigenvalue weighted by atomic mass is 35.5. The summed E-state index contributed by atoms with van der Waals surface area (Å²) in [6.07, 6.45) is 0. The Bertz CT molecular complexity index is 671. The van der Waals surface area contributed by atoms with E-state index in [9.17, 15) is 9.59 Å². The Balaban J connectivity index is 2.00. The van der Waals surface area contributed by atoms with Gasteiger partial charge in [-0.1, -0.05) is 29.8 Å². The van der Waals surface area contributed by atoms with Gasteiger partial charge in [0.1, 0.15) is 13.2 Å². The first-order valence-corrected chi connectivity index (χ1v) is 7.44. The molecule has 0 atom stereocenters. The van der Waals surface area contributed by atoms with Gasteiger partial charge in [0.15, 0.2) is 0 Å². The van der Waals surface area contributed by atoms with E-state index >= 15 is 0 Å². The van der Waals surface area contributed by atoms with E-state index in [1.54, 1.807) is 18.4 Å². The molecule has 1 aromatic heterocycles. The van der Waals surface area contributed by atoms with E-state index in [0.717, 1.165) is 15.0 Å². The van der Waals surface area contributed by atoms with E-state index in [2.05, 4.69) is 0 Å². The zero-order valence-corrected chi connectivity index (χ0v) is 13.0. The minimum Gasteiger partial charge on any atom is -0.368 e. The van der Waals surface area contributed by atoms with E-state index in [0.29, 0.717) is 11.6 Å². The number of fused-ring (bicyclic) bond motifs is 1. The second kappa shape index (κ2) is 6.89. The van der Waals surface area contributed by atoms with Gasteiger partial charge in [-0.15, -0.1) is 11.3 Å². The predicted molar refractivity (Wildman–Crippen MR) is 83.3 cm³/mol. The first-order chi connectivity index (χ1) is 9.99. The molecule has 0 fully saturated rings. The fraction of sp³-hybridized carbons (Fsp3) is 0.286. The van der Waals surface area contributed by atoms with Crippen molar-refractivity contribution in [3.63, 3.8) is 0 Å². The number of halogens is 1. The minimum atomic E-state index is -0.599. The summed E-state index contributed by atoms with van der Waals surface area (Å²) < 4.78 is 6.00. The topological polar surface area (TPSA) is 72.6 Å². The molecule has 2 amide bonds. The lowest BCUT2D eigenvalue weighted by molar-refractivity contribution is -0.137. The van der Waals surface area contributed by atoms with Crippen LogP contribution in [0.2, 0.25) is 5.02 Å². The molecule has 5 nitrogen and oxygen atoms in total. The van der Waals surface area contributed by atoms with Gasteiger partial charge in [-0.05, 0) is 6.07 Å². The van der Waals surface area contributed by atoms with Gasteiger partial charge in [0, 0.05) is 22.0 Å². The van der Waals surface area contributed by atoms with Crippen molar-refractivity contribution in [2.24, 2.45) is 5.73 Å². The Morgan fingerprint density at radius 3 is 2.71 bits per heavy atom. The Kier molecular flexibility index (Phi) is 5.17. The van der Waals surface area contributed by atoms with Crippen molar-refractivity contribution in [2.45, 2.75) is 6.54 Å². The highest BCUT2D eigenvalue weighted by molar-refractivity contribution is 7.19. The fourth-order valence-corrected chi connectivity index (χ4v) is 3.37. The van der Waals surface area contributed by atoms with Crippen molar-refractivity contribution in [1.29, 1.82) is 0 Å². The molecule has 0 aliphatic carbocycles. The number of nitrogens with two attached hydrogens (primary N) is 1. The van der Waals surface area contributed by atoms with Crippen molar-refractivity contribution < 1.29 is 14.3 Å². The quantitative estimate of drug-likeness (QED) is 0.882. The van der Waals surface area contributed by atoms with Crippen LogP contribution in [0.15, 0.2) is 24.3 Å². The Morgan fingerprint density at radius 1 is 1.33 bits per heavy atom. The molecule has 0 saturated carbocycles. The molecule has 112 valence electrons. The first kappa shape index (κ1) is 15.8. The molecule has 0 aliphatic heterocycles. The molecule has 2 rings (SSSR count). The third kappa shape index (κ3) is 3.93. The van der Waals surface area contributed by atoms with Crippen LogP contribution in [0.1, 0.15) is 4.88 Å². The average molecular weight is 327 g/mol. The number of hydrogen-bond acceptors (Lipinski definition) is 4. The lowest BCUT2D eigenvalue weighted by atomic mass is 10.2. The van der Waals surface area contributed by atoms with Gasteiger partial charge in [-0.25, -0.2) is 0 Å². The van der Waals surface area contributed by atoms with Crippen molar-refractivity contribution in [3.8, 4) is 0 Å². The maximum atomic E-state index is 11.9. The number of carbonyl (C=O) groups excluding carboxylic acids is 2. The summed E-state index contributed by atoms with van der Waals surface area (Å²) in [5.41, 5.74) is 4.94. The number of likely N-dealkylation sites (N-methyl/N-ethyl adjacent to an activating group) is 1.